The van der Waals surface area contributed by atoms with Crippen LogP contribution in [0.5, 0.6) is 0 Å². The van der Waals surface area contributed by atoms with Gasteiger partial charge in [-0.05, 0) is 60.1 Å². The minimum atomic E-state index is 0.0602. The molecule has 0 saturated carbocycles. The number of aliphatic imine (C=N–C) groups is 2. The van der Waals surface area contributed by atoms with Gasteiger partial charge in [0.1, 0.15) is 0 Å². The normalized spacial score (nSPS) is 13.5. The summed E-state index contributed by atoms with van der Waals surface area (Å²) in [5.41, 5.74) is 6.82. The van der Waals surface area contributed by atoms with Crippen molar-refractivity contribution in [3.63, 3.8) is 0 Å². The van der Waals surface area contributed by atoms with Gasteiger partial charge in [-0.25, -0.2) is 0 Å². The molecule has 0 atom stereocenters. The van der Waals surface area contributed by atoms with Gasteiger partial charge >= 0.3 is 0 Å². The zero-order valence-electron chi connectivity index (χ0n) is 20.1. The van der Waals surface area contributed by atoms with Crippen LogP contribution in [0.2, 0.25) is 0 Å². The summed E-state index contributed by atoms with van der Waals surface area (Å²) >= 11 is 1.75. The van der Waals surface area contributed by atoms with E-state index in [1.54, 1.807) is 11.3 Å². The predicted octanol–water partition coefficient (Wildman–Crippen LogP) is 8.62. The zero-order valence-corrected chi connectivity index (χ0v) is 20.9. The molecule has 2 aromatic carbocycles. The van der Waals surface area contributed by atoms with Gasteiger partial charge in [0.05, 0.1) is 22.8 Å². The highest BCUT2D eigenvalue weighted by Crippen LogP contribution is 2.33. The fraction of sp³-hybridized carbons (Fsp3) is 0.357. The van der Waals surface area contributed by atoms with E-state index < -0.39 is 0 Å². The Kier molecular flexibility index (Phi) is 6.66. The van der Waals surface area contributed by atoms with Crippen molar-refractivity contribution < 1.29 is 0 Å². The molecule has 1 heterocycles. The molecule has 0 unspecified atom stereocenters. The van der Waals surface area contributed by atoms with Gasteiger partial charge in [0, 0.05) is 9.75 Å². The van der Waals surface area contributed by atoms with Crippen LogP contribution in [0.1, 0.15) is 76.3 Å². The highest BCUT2D eigenvalue weighted by atomic mass is 32.1. The van der Waals surface area contributed by atoms with Gasteiger partial charge in [0.2, 0.25) is 0 Å². The summed E-state index contributed by atoms with van der Waals surface area (Å²) in [5, 5.41) is 0. The first-order chi connectivity index (χ1) is 14.5. The van der Waals surface area contributed by atoms with Crippen LogP contribution in [0.3, 0.4) is 0 Å². The summed E-state index contributed by atoms with van der Waals surface area (Å²) < 4.78 is 0. The van der Waals surface area contributed by atoms with Crippen LogP contribution in [0.25, 0.3) is 0 Å². The molecule has 3 heteroatoms. The molecule has 0 fully saturated rings. The Morgan fingerprint density at radius 2 is 0.935 bits per heavy atom. The number of thiophene rings is 1. The van der Waals surface area contributed by atoms with Gasteiger partial charge in [0.15, 0.2) is 0 Å². The summed E-state index contributed by atoms with van der Waals surface area (Å²) in [6.45, 7) is 17.6. The molecule has 0 amide bonds. The van der Waals surface area contributed by atoms with Crippen molar-refractivity contribution in [2.75, 3.05) is 0 Å². The maximum absolute atomic E-state index is 4.99. The van der Waals surface area contributed by atoms with Gasteiger partial charge in [-0.1, -0.05) is 77.9 Å². The first-order valence-corrected chi connectivity index (χ1v) is 11.7. The van der Waals surface area contributed by atoms with Gasteiger partial charge in [-0.2, -0.15) is 0 Å². The Hall–Kier alpha value is -2.52. The molecule has 0 aliphatic rings. The van der Waals surface area contributed by atoms with E-state index in [9.17, 15) is 0 Å². The van der Waals surface area contributed by atoms with E-state index in [4.69, 9.17) is 9.98 Å². The number of nitrogens with zero attached hydrogens (tertiary/aromatic N) is 2. The molecular weight excluding hydrogens is 396 g/mol. The lowest BCUT2D eigenvalue weighted by atomic mass is 9.86. The van der Waals surface area contributed by atoms with Crippen LogP contribution >= 0.6 is 11.3 Å². The molecule has 0 aliphatic carbocycles. The van der Waals surface area contributed by atoms with E-state index in [0.29, 0.717) is 0 Å². The Labute approximate surface area is 191 Å². The summed E-state index contributed by atoms with van der Waals surface area (Å²) in [5.74, 6) is 0. The predicted molar refractivity (Wildman–Crippen MR) is 138 cm³/mol. The summed E-state index contributed by atoms with van der Waals surface area (Å²) in [7, 11) is 0. The fourth-order valence-corrected chi connectivity index (χ4v) is 4.50. The smallest absolute Gasteiger partial charge is 0.0670 e. The van der Waals surface area contributed by atoms with Crippen LogP contribution < -0.4 is 0 Å². The molecule has 0 N–H and O–H groups in total. The minimum Gasteiger partial charge on any atom is -0.252 e. The first kappa shape index (κ1) is 23.1. The van der Waals surface area contributed by atoms with E-state index in [1.165, 1.54) is 20.9 Å². The second-order valence-corrected chi connectivity index (χ2v) is 11.2. The fourth-order valence-electron chi connectivity index (χ4n) is 3.61. The van der Waals surface area contributed by atoms with Gasteiger partial charge in [-0.15, -0.1) is 11.3 Å². The average Bonchev–Trinajstić information content (AvgIpc) is 3.18. The molecule has 3 aromatic rings. The van der Waals surface area contributed by atoms with Crippen molar-refractivity contribution in [1.82, 2.24) is 0 Å². The lowest BCUT2D eigenvalue weighted by molar-refractivity contribution is 0.591. The number of rotatable bonds is 4. The van der Waals surface area contributed by atoms with Crippen molar-refractivity contribution in [2.45, 2.75) is 66.2 Å². The van der Waals surface area contributed by atoms with E-state index >= 15 is 0 Å². The lowest BCUT2D eigenvalue weighted by Gasteiger charge is -2.21. The standard InChI is InChI=1S/C28H34N2S/c1-19(29-23-15-11-9-13-21(23)27(3,4)5)25-17-18-26(31-25)20(2)30-24-16-12-10-14-22(24)28(6,7)8/h9-18H,1-8H3. The van der Waals surface area contributed by atoms with Gasteiger partial charge in [0.25, 0.3) is 0 Å². The van der Waals surface area contributed by atoms with Crippen LogP contribution in [0.4, 0.5) is 11.4 Å². The third-order valence-corrected chi connectivity index (χ3v) is 6.62. The van der Waals surface area contributed by atoms with Crippen LogP contribution in [-0.2, 0) is 10.8 Å². The highest BCUT2D eigenvalue weighted by Gasteiger charge is 2.19. The van der Waals surface area contributed by atoms with Crippen LogP contribution in [-0.4, -0.2) is 11.4 Å². The van der Waals surface area contributed by atoms with Gasteiger partial charge < -0.3 is 0 Å². The molecule has 0 radical (unpaired) electrons. The Morgan fingerprint density at radius 3 is 1.29 bits per heavy atom. The Bertz CT molecular complexity index is 1030. The van der Waals surface area contributed by atoms with Crippen LogP contribution in [0, 0.1) is 0 Å². The number of hydrogen-bond acceptors (Lipinski definition) is 3. The summed E-state index contributed by atoms with van der Waals surface area (Å²) in [4.78, 5) is 12.3. The van der Waals surface area contributed by atoms with Crippen molar-refractivity contribution in [3.05, 3.63) is 81.5 Å². The second-order valence-electron chi connectivity index (χ2n) is 10.1. The second kappa shape index (κ2) is 8.92. The maximum atomic E-state index is 4.99. The molecule has 1 aromatic heterocycles. The summed E-state index contributed by atoms with van der Waals surface area (Å²) in [6, 6.07) is 21.2. The number of hydrogen-bond donors (Lipinski definition) is 0. The van der Waals surface area contributed by atoms with E-state index in [1.807, 2.05) is 0 Å². The van der Waals surface area contributed by atoms with Crippen molar-refractivity contribution in [3.8, 4) is 0 Å². The third-order valence-electron chi connectivity index (χ3n) is 5.32. The van der Waals surface area contributed by atoms with Crippen LogP contribution in [0.15, 0.2) is 70.6 Å². The Morgan fingerprint density at radius 1 is 0.581 bits per heavy atom. The quantitative estimate of drug-likeness (QED) is 0.370. The molecule has 3 rings (SSSR count). The Balaban J connectivity index is 1.93. The van der Waals surface area contributed by atoms with E-state index in [-0.39, 0.29) is 10.8 Å². The monoisotopic (exact) mass is 430 g/mol. The minimum absolute atomic E-state index is 0.0602. The maximum Gasteiger partial charge on any atom is 0.0670 e. The molecule has 162 valence electrons. The third kappa shape index (κ3) is 5.59. The molecule has 0 bridgehead atoms. The topological polar surface area (TPSA) is 24.7 Å². The van der Waals surface area contributed by atoms with E-state index in [2.05, 4.69) is 116 Å². The molecule has 0 aliphatic heterocycles. The number of benzene rings is 2. The molecule has 0 spiro atoms. The first-order valence-electron chi connectivity index (χ1n) is 10.9. The SMILES string of the molecule is CC(=Nc1ccccc1C(C)(C)C)c1ccc(C(C)=Nc2ccccc2C(C)(C)C)s1. The van der Waals surface area contributed by atoms with E-state index in [0.717, 1.165) is 22.8 Å². The molecule has 0 saturated heterocycles. The van der Waals surface area contributed by atoms with Crippen molar-refractivity contribution in [2.24, 2.45) is 9.98 Å². The molecule has 31 heavy (non-hydrogen) atoms. The average molecular weight is 431 g/mol. The molecule has 2 nitrogen and oxygen atoms in total. The number of para-hydroxylation sites is 2. The highest BCUT2D eigenvalue weighted by molar-refractivity contribution is 7.16. The van der Waals surface area contributed by atoms with Gasteiger partial charge in [-0.3, -0.25) is 9.98 Å². The van der Waals surface area contributed by atoms with Crippen molar-refractivity contribution >= 4 is 34.1 Å². The largest absolute Gasteiger partial charge is 0.252 e. The lowest BCUT2D eigenvalue weighted by Crippen LogP contribution is -2.11. The van der Waals surface area contributed by atoms with Crippen molar-refractivity contribution in [1.29, 1.82) is 0 Å². The summed E-state index contributed by atoms with van der Waals surface area (Å²) in [6.07, 6.45) is 0. The zero-order chi connectivity index (χ0) is 22.8. The molecular formula is C28H34N2S.